The number of aryl methyl sites for hydroxylation is 1. The lowest BCUT2D eigenvalue weighted by atomic mass is 9.72. The molecule has 6 rings (SSSR count). The van der Waals surface area contributed by atoms with Crippen LogP contribution in [0.4, 0.5) is 18.9 Å². The Balaban J connectivity index is 1.39. The molecule has 3 aromatic rings. The highest BCUT2D eigenvalue weighted by atomic mass is 19.4. The van der Waals surface area contributed by atoms with Crippen LogP contribution in [0.1, 0.15) is 71.6 Å². The first kappa shape index (κ1) is 26.5. The zero-order valence-corrected chi connectivity index (χ0v) is 22.6. The van der Waals surface area contributed by atoms with Gasteiger partial charge in [-0.05, 0) is 86.3 Å². The smallest absolute Gasteiger partial charge is 0.317 e. The van der Waals surface area contributed by atoms with Crippen LogP contribution in [0.3, 0.4) is 0 Å². The summed E-state index contributed by atoms with van der Waals surface area (Å²) >= 11 is 0. The molecular formula is C30H31F3N6O. The van der Waals surface area contributed by atoms with Crippen molar-refractivity contribution in [3.63, 3.8) is 0 Å². The quantitative estimate of drug-likeness (QED) is 0.404. The number of benzene rings is 2. The number of nitrogens with zero attached hydrogens (tertiary/aromatic N) is 5. The van der Waals surface area contributed by atoms with Gasteiger partial charge < -0.3 is 14.8 Å². The highest BCUT2D eigenvalue weighted by Crippen LogP contribution is 2.44. The number of rotatable bonds is 7. The summed E-state index contributed by atoms with van der Waals surface area (Å²) in [6, 6.07) is 10.7. The number of nitrogens with one attached hydrogen (secondary N) is 1. The van der Waals surface area contributed by atoms with Gasteiger partial charge in [-0.2, -0.15) is 18.4 Å². The van der Waals surface area contributed by atoms with Gasteiger partial charge in [-0.1, -0.05) is 12.1 Å². The molecule has 2 fully saturated rings. The normalized spacial score (nSPS) is 21.5. The maximum atomic E-state index is 14.3. The van der Waals surface area contributed by atoms with Crippen LogP contribution in [-0.2, 0) is 32.7 Å². The van der Waals surface area contributed by atoms with Crippen molar-refractivity contribution < 1.29 is 18.0 Å². The minimum atomic E-state index is -4.59. The third-order valence-corrected chi connectivity index (χ3v) is 8.86. The van der Waals surface area contributed by atoms with E-state index in [4.69, 9.17) is 0 Å². The Kier molecular flexibility index (Phi) is 6.45. The minimum absolute atomic E-state index is 0.00118. The number of alkyl halides is 3. The Morgan fingerprint density at radius 3 is 2.62 bits per heavy atom. The van der Waals surface area contributed by atoms with Gasteiger partial charge in [0.1, 0.15) is 6.33 Å². The lowest BCUT2D eigenvalue weighted by Crippen LogP contribution is -2.47. The second kappa shape index (κ2) is 9.73. The van der Waals surface area contributed by atoms with Gasteiger partial charge >= 0.3 is 6.18 Å². The monoisotopic (exact) mass is 548 g/mol. The second-order valence-electron chi connectivity index (χ2n) is 11.8. The molecule has 0 radical (unpaired) electrons. The summed E-state index contributed by atoms with van der Waals surface area (Å²) in [6.07, 6.45) is 2.33. The molecule has 1 aromatic heterocycles. The number of amides is 1. The number of anilines is 1. The van der Waals surface area contributed by atoms with Crippen LogP contribution in [0.2, 0.25) is 0 Å². The van der Waals surface area contributed by atoms with E-state index in [1.807, 2.05) is 12.1 Å². The Bertz CT molecular complexity index is 1510. The fourth-order valence-electron chi connectivity index (χ4n) is 6.29. The van der Waals surface area contributed by atoms with Crippen molar-refractivity contribution in [2.75, 3.05) is 4.90 Å². The number of carbonyl (C=O) groups is 1. The first-order chi connectivity index (χ1) is 19.1. The average molecular weight is 549 g/mol. The van der Waals surface area contributed by atoms with Crippen molar-refractivity contribution >= 4 is 11.6 Å². The topological polar surface area (TPSA) is 86.8 Å². The number of fused-ring (bicyclic) bond motifs is 1. The van der Waals surface area contributed by atoms with Crippen LogP contribution in [-0.4, -0.2) is 26.2 Å². The van der Waals surface area contributed by atoms with Crippen molar-refractivity contribution in [3.8, 4) is 17.5 Å². The summed E-state index contributed by atoms with van der Waals surface area (Å²) in [5.41, 5.74) is 1.86. The van der Waals surface area contributed by atoms with Crippen molar-refractivity contribution in [2.24, 2.45) is 18.9 Å². The molecule has 7 nitrogen and oxygen atoms in total. The molecule has 2 aliphatic carbocycles. The van der Waals surface area contributed by atoms with Crippen LogP contribution in [0, 0.1) is 23.2 Å². The average Bonchev–Trinajstić information content (AvgIpc) is 3.44. The van der Waals surface area contributed by atoms with Crippen molar-refractivity contribution in [3.05, 3.63) is 64.5 Å². The van der Waals surface area contributed by atoms with E-state index < -0.39 is 17.6 Å². The zero-order chi connectivity index (χ0) is 28.2. The van der Waals surface area contributed by atoms with Crippen LogP contribution in [0.5, 0.6) is 0 Å². The van der Waals surface area contributed by atoms with Crippen molar-refractivity contribution in [2.45, 2.75) is 70.3 Å². The molecule has 0 bridgehead atoms. The van der Waals surface area contributed by atoms with Gasteiger partial charge in [0.25, 0.3) is 5.91 Å². The van der Waals surface area contributed by atoms with Gasteiger partial charge in [-0.15, -0.1) is 10.2 Å². The molecule has 10 heteroatoms. The van der Waals surface area contributed by atoms with Gasteiger partial charge in [0.15, 0.2) is 5.82 Å². The number of aromatic nitrogens is 3. The summed E-state index contributed by atoms with van der Waals surface area (Å²) < 4.78 is 44.7. The van der Waals surface area contributed by atoms with E-state index >= 15 is 0 Å². The molecule has 2 heterocycles. The molecule has 2 aromatic carbocycles. The molecule has 1 aliphatic heterocycles. The summed E-state index contributed by atoms with van der Waals surface area (Å²) in [5.74, 6) is 0.464. The van der Waals surface area contributed by atoms with Gasteiger partial charge in [0, 0.05) is 36.2 Å². The van der Waals surface area contributed by atoms with E-state index in [2.05, 4.69) is 28.5 Å². The van der Waals surface area contributed by atoms with E-state index in [0.717, 1.165) is 37.7 Å². The molecule has 40 heavy (non-hydrogen) atoms. The number of hydrogen-bond donors (Lipinski definition) is 1. The number of nitriles is 1. The molecule has 2 saturated carbocycles. The largest absolute Gasteiger partial charge is 0.416 e. The second-order valence-corrected chi connectivity index (χ2v) is 11.8. The fraction of sp³-hybridized carbons (Fsp3) is 0.467. The molecule has 0 atom stereocenters. The molecule has 0 unspecified atom stereocenters. The summed E-state index contributed by atoms with van der Waals surface area (Å²) in [4.78, 5) is 15.3. The maximum absolute atomic E-state index is 14.3. The van der Waals surface area contributed by atoms with E-state index in [-0.39, 0.29) is 35.7 Å². The molecular weight excluding hydrogens is 517 g/mol. The van der Waals surface area contributed by atoms with Crippen molar-refractivity contribution in [1.82, 2.24) is 20.1 Å². The van der Waals surface area contributed by atoms with Crippen LogP contribution < -0.4 is 10.2 Å². The van der Waals surface area contributed by atoms with Gasteiger partial charge in [0.05, 0.1) is 23.9 Å². The van der Waals surface area contributed by atoms with Gasteiger partial charge in [-0.25, -0.2) is 0 Å². The number of halogens is 3. The third kappa shape index (κ3) is 4.66. The predicted molar refractivity (Wildman–Crippen MR) is 143 cm³/mol. The fourth-order valence-corrected chi connectivity index (χ4v) is 6.29. The summed E-state index contributed by atoms with van der Waals surface area (Å²) in [5, 5.41) is 20.9. The summed E-state index contributed by atoms with van der Waals surface area (Å²) in [7, 11) is 1.80. The predicted octanol–water partition coefficient (Wildman–Crippen LogP) is 5.79. The first-order valence-electron chi connectivity index (χ1n) is 13.7. The Morgan fingerprint density at radius 1 is 1.23 bits per heavy atom. The SMILES string of the molecule is Cn1cnnc1-c1c(CC2CC(C#N)C2)cccc1N1Cc2c(cc(CNC3(C)CCC3)cc2C(F)(F)F)C1=O. The highest BCUT2D eigenvalue weighted by molar-refractivity contribution is 6.12. The van der Waals surface area contributed by atoms with Crippen LogP contribution >= 0.6 is 0 Å². The lowest BCUT2D eigenvalue weighted by molar-refractivity contribution is -0.138. The van der Waals surface area contributed by atoms with E-state index in [9.17, 15) is 23.2 Å². The maximum Gasteiger partial charge on any atom is 0.416 e. The molecule has 3 aliphatic rings. The number of carbonyl (C=O) groups excluding carboxylic acids is 1. The van der Waals surface area contributed by atoms with Crippen molar-refractivity contribution in [1.29, 1.82) is 5.26 Å². The molecule has 0 saturated heterocycles. The third-order valence-electron chi connectivity index (χ3n) is 8.86. The standard InChI is InChI=1S/C30H31F3N6O/c1-29(7-4-8-29)35-15-20-12-22-23(24(13-20)30(31,32)33)16-39(28(22)40)25-6-3-5-21(11-18-9-19(10-18)14-34)26(25)27-37-36-17-38(27)2/h3,5-6,12-13,17-19,35H,4,7-11,15-16H2,1-2H3. The molecule has 1 N–H and O–H groups in total. The van der Waals surface area contributed by atoms with Gasteiger partial charge in [-0.3, -0.25) is 4.79 Å². The zero-order valence-electron chi connectivity index (χ0n) is 22.6. The van der Waals surface area contributed by atoms with E-state index in [1.165, 1.54) is 11.0 Å². The molecule has 0 spiro atoms. The Labute approximate surface area is 231 Å². The number of hydrogen-bond acceptors (Lipinski definition) is 5. The Morgan fingerprint density at radius 2 is 2.00 bits per heavy atom. The first-order valence-corrected chi connectivity index (χ1v) is 13.7. The van der Waals surface area contributed by atoms with Crippen LogP contribution in [0.25, 0.3) is 11.4 Å². The van der Waals surface area contributed by atoms with E-state index in [0.29, 0.717) is 35.0 Å². The summed E-state index contributed by atoms with van der Waals surface area (Å²) in [6.45, 7) is 2.17. The van der Waals surface area contributed by atoms with E-state index in [1.54, 1.807) is 30.1 Å². The molecule has 1 amide bonds. The Hall–Kier alpha value is -3.71. The molecule has 208 valence electrons. The highest BCUT2D eigenvalue weighted by Gasteiger charge is 2.42. The lowest BCUT2D eigenvalue weighted by Gasteiger charge is -2.39. The van der Waals surface area contributed by atoms with Gasteiger partial charge in [0.2, 0.25) is 0 Å². The minimum Gasteiger partial charge on any atom is -0.317 e. The van der Waals surface area contributed by atoms with Crippen LogP contribution in [0.15, 0.2) is 36.7 Å².